The van der Waals surface area contributed by atoms with Gasteiger partial charge in [-0.2, -0.15) is 0 Å². The van der Waals surface area contributed by atoms with Crippen molar-refractivity contribution in [3.63, 3.8) is 0 Å². The molecule has 140 valence electrons. The minimum Gasteiger partial charge on any atom is -0.354 e. The third-order valence-corrected chi connectivity index (χ3v) is 11.6. The maximum atomic E-state index is 13.3. The Morgan fingerprint density at radius 1 is 1.00 bits per heavy atom. The molecule has 1 aliphatic heterocycles. The molecule has 1 aliphatic rings. The summed E-state index contributed by atoms with van der Waals surface area (Å²) in [6.07, 6.45) is 0. The monoisotopic (exact) mass is 378 g/mol. The fourth-order valence-corrected chi connectivity index (χ4v) is 10.6. The molecular weight excluding hydrogens is 352 g/mol. The van der Waals surface area contributed by atoms with Crippen molar-refractivity contribution in [1.29, 1.82) is 0 Å². The van der Waals surface area contributed by atoms with E-state index in [0.29, 0.717) is 0 Å². The molecular formula is C21H26N4OSi. The molecule has 6 heteroatoms. The Morgan fingerprint density at radius 2 is 1.44 bits per heavy atom. The highest BCUT2D eigenvalue weighted by Gasteiger charge is 2.66. The lowest BCUT2D eigenvalue weighted by molar-refractivity contribution is -0.147. The Bertz CT molecular complexity index is 844. The minimum atomic E-state index is -2.73. The summed E-state index contributed by atoms with van der Waals surface area (Å²) in [5.74, 6) is -0.0768. The van der Waals surface area contributed by atoms with Gasteiger partial charge in [-0.05, 0) is 34.8 Å². The first kappa shape index (κ1) is 19.2. The van der Waals surface area contributed by atoms with Gasteiger partial charge in [0.05, 0.1) is 0 Å². The summed E-state index contributed by atoms with van der Waals surface area (Å²) in [4.78, 5) is 16.2. The van der Waals surface area contributed by atoms with Crippen LogP contribution in [-0.4, -0.2) is 30.3 Å². The van der Waals surface area contributed by atoms with E-state index < -0.39 is 19.8 Å². The molecule has 0 N–H and O–H groups in total. The van der Waals surface area contributed by atoms with E-state index >= 15 is 0 Å². The zero-order chi connectivity index (χ0) is 19.9. The maximum absolute atomic E-state index is 13.3. The molecule has 0 aliphatic carbocycles. The number of amides is 1. The number of benzene rings is 2. The lowest BCUT2D eigenvalue weighted by atomic mass is 9.86. The van der Waals surface area contributed by atoms with Gasteiger partial charge in [-0.1, -0.05) is 86.5 Å². The van der Waals surface area contributed by atoms with E-state index in [2.05, 4.69) is 59.6 Å². The van der Waals surface area contributed by atoms with Crippen LogP contribution in [0, 0.1) is 0 Å². The quantitative estimate of drug-likeness (QED) is 0.262. The zero-order valence-corrected chi connectivity index (χ0v) is 17.5. The van der Waals surface area contributed by atoms with Gasteiger partial charge in [0.2, 0.25) is 14.1 Å². The number of azide groups is 1. The van der Waals surface area contributed by atoms with Crippen LogP contribution in [0.2, 0.25) is 5.04 Å². The fourth-order valence-electron chi connectivity index (χ4n) is 4.59. The minimum absolute atomic E-state index is 0.0768. The SMILES string of the molecule is CC1(C)C(N=[N+]=[N-])C(=O)N1[Si](c1ccccc1)(c1ccccc1)C(C)(C)C. The van der Waals surface area contributed by atoms with Gasteiger partial charge in [0, 0.05) is 10.5 Å². The van der Waals surface area contributed by atoms with E-state index in [1.54, 1.807) is 0 Å². The normalized spacial score (nSPS) is 19.2. The Balaban J connectivity index is 2.36. The number of hydrogen-bond acceptors (Lipinski definition) is 2. The Kier molecular flexibility index (Phi) is 4.66. The van der Waals surface area contributed by atoms with Crippen molar-refractivity contribution in [3.05, 3.63) is 71.1 Å². The molecule has 1 amide bonds. The average molecular weight is 379 g/mol. The van der Waals surface area contributed by atoms with Gasteiger partial charge in [0.25, 0.3) is 0 Å². The summed E-state index contributed by atoms with van der Waals surface area (Å²) in [7, 11) is -2.73. The molecule has 1 unspecified atom stereocenters. The summed E-state index contributed by atoms with van der Waals surface area (Å²) < 4.78 is 2.06. The summed E-state index contributed by atoms with van der Waals surface area (Å²) in [6, 6.07) is 20.0. The molecule has 2 aromatic carbocycles. The Labute approximate surface area is 161 Å². The number of hydrogen-bond donors (Lipinski definition) is 0. The number of rotatable bonds is 4. The van der Waals surface area contributed by atoms with Crippen molar-refractivity contribution in [2.24, 2.45) is 5.11 Å². The first-order valence-corrected chi connectivity index (χ1v) is 11.1. The largest absolute Gasteiger partial charge is 0.354 e. The van der Waals surface area contributed by atoms with Gasteiger partial charge in [-0.25, -0.2) is 0 Å². The van der Waals surface area contributed by atoms with Crippen molar-refractivity contribution in [2.75, 3.05) is 0 Å². The second-order valence-corrected chi connectivity index (χ2v) is 13.1. The molecule has 0 bridgehead atoms. The van der Waals surface area contributed by atoms with Gasteiger partial charge in [-0.3, -0.25) is 4.79 Å². The summed E-state index contributed by atoms with van der Waals surface area (Å²) in [5.41, 5.74) is 8.39. The lowest BCUT2D eigenvalue weighted by Crippen LogP contribution is -2.88. The molecule has 0 radical (unpaired) electrons. The van der Waals surface area contributed by atoms with Crippen molar-refractivity contribution in [1.82, 2.24) is 4.57 Å². The third-order valence-electron chi connectivity index (χ3n) is 5.67. The third kappa shape index (κ3) is 2.68. The van der Waals surface area contributed by atoms with Crippen LogP contribution < -0.4 is 10.4 Å². The van der Waals surface area contributed by atoms with E-state index in [-0.39, 0.29) is 10.9 Å². The van der Waals surface area contributed by atoms with E-state index in [1.807, 2.05) is 50.2 Å². The Morgan fingerprint density at radius 3 is 1.78 bits per heavy atom. The van der Waals surface area contributed by atoms with Crippen molar-refractivity contribution in [3.8, 4) is 0 Å². The zero-order valence-electron chi connectivity index (χ0n) is 16.5. The number of β-lactam (4-membered cyclic amide) rings is 1. The van der Waals surface area contributed by atoms with Crippen LogP contribution in [-0.2, 0) is 4.79 Å². The van der Waals surface area contributed by atoms with Gasteiger partial charge in [0.1, 0.15) is 6.04 Å². The highest BCUT2D eigenvalue weighted by Crippen LogP contribution is 2.47. The molecule has 0 aromatic heterocycles. The molecule has 2 aromatic rings. The predicted molar refractivity (Wildman–Crippen MR) is 111 cm³/mol. The molecule has 27 heavy (non-hydrogen) atoms. The molecule has 1 atom stereocenters. The molecule has 3 rings (SSSR count). The number of carbonyl (C=O) groups is 1. The van der Waals surface area contributed by atoms with E-state index in [0.717, 1.165) is 0 Å². The molecule has 0 saturated carbocycles. The van der Waals surface area contributed by atoms with Crippen LogP contribution in [0.25, 0.3) is 10.4 Å². The summed E-state index contributed by atoms with van der Waals surface area (Å²) >= 11 is 0. The first-order valence-electron chi connectivity index (χ1n) is 9.18. The standard InChI is InChI=1S/C21H26N4OSi/c1-20(2,3)27(16-12-8-6-9-13-16,17-14-10-7-11-15-17)25-19(26)18(23-24-22)21(25,4)5/h6-15,18H,1-5H3. The molecule has 0 spiro atoms. The van der Waals surface area contributed by atoms with Crippen LogP contribution in [0.15, 0.2) is 65.8 Å². The molecule has 5 nitrogen and oxygen atoms in total. The number of nitrogens with zero attached hydrogens (tertiary/aromatic N) is 4. The van der Waals surface area contributed by atoms with Crippen LogP contribution in [0.3, 0.4) is 0 Å². The second-order valence-electron chi connectivity index (χ2n) is 8.63. The van der Waals surface area contributed by atoms with Gasteiger partial charge < -0.3 is 4.57 Å². The van der Waals surface area contributed by atoms with Crippen molar-refractivity contribution in [2.45, 2.75) is 51.2 Å². The highest BCUT2D eigenvalue weighted by molar-refractivity contribution is 7.03. The highest BCUT2D eigenvalue weighted by atomic mass is 28.3. The van der Waals surface area contributed by atoms with E-state index in [1.165, 1.54) is 10.4 Å². The Hall–Kier alpha value is -2.56. The summed E-state index contributed by atoms with van der Waals surface area (Å²) in [6.45, 7) is 10.6. The second kappa shape index (κ2) is 6.55. The fraction of sp³-hybridized carbons (Fsp3) is 0.381. The topological polar surface area (TPSA) is 69.1 Å². The van der Waals surface area contributed by atoms with Crippen LogP contribution in [0.1, 0.15) is 34.6 Å². The smallest absolute Gasteiger partial charge is 0.229 e. The molecule has 1 saturated heterocycles. The van der Waals surface area contributed by atoms with Crippen molar-refractivity contribution >= 4 is 24.5 Å². The van der Waals surface area contributed by atoms with Gasteiger partial charge in [0.15, 0.2) is 0 Å². The van der Waals surface area contributed by atoms with Crippen LogP contribution in [0.5, 0.6) is 0 Å². The van der Waals surface area contributed by atoms with Crippen LogP contribution in [0.4, 0.5) is 0 Å². The van der Waals surface area contributed by atoms with Crippen molar-refractivity contribution < 1.29 is 4.79 Å². The summed E-state index contributed by atoms with van der Waals surface area (Å²) in [5, 5.41) is 6.00. The van der Waals surface area contributed by atoms with E-state index in [9.17, 15) is 4.79 Å². The predicted octanol–water partition coefficient (Wildman–Crippen LogP) is 3.85. The average Bonchev–Trinajstić information content (AvgIpc) is 2.64. The number of carbonyl (C=O) groups excluding carboxylic acids is 1. The van der Waals surface area contributed by atoms with Gasteiger partial charge in [-0.15, -0.1) is 0 Å². The van der Waals surface area contributed by atoms with Crippen LogP contribution >= 0.6 is 0 Å². The molecule has 1 heterocycles. The molecule has 1 fully saturated rings. The van der Waals surface area contributed by atoms with E-state index in [4.69, 9.17) is 5.53 Å². The lowest BCUT2D eigenvalue weighted by Gasteiger charge is -2.64. The van der Waals surface area contributed by atoms with Gasteiger partial charge >= 0.3 is 0 Å². The maximum Gasteiger partial charge on any atom is 0.229 e. The first-order chi connectivity index (χ1) is 12.7.